The molecule has 3 nitrogen and oxygen atoms in total. The van der Waals surface area contributed by atoms with Gasteiger partial charge in [0, 0.05) is 22.2 Å². The minimum Gasteiger partial charge on any atom is -0.319 e. The van der Waals surface area contributed by atoms with E-state index in [1.807, 2.05) is 6.92 Å². The first-order valence-electron chi connectivity index (χ1n) is 7.07. The fourth-order valence-corrected chi connectivity index (χ4v) is 1.63. The highest BCUT2D eigenvalue weighted by Crippen LogP contribution is 2.29. The van der Waals surface area contributed by atoms with Crippen LogP contribution in [0, 0.1) is 0 Å². The molecule has 3 heteroatoms. The molecule has 19 heavy (non-hydrogen) atoms. The van der Waals surface area contributed by atoms with Crippen molar-refractivity contribution in [2.24, 2.45) is 5.73 Å². The Morgan fingerprint density at radius 1 is 0.895 bits per heavy atom. The third-order valence-corrected chi connectivity index (χ3v) is 3.51. The van der Waals surface area contributed by atoms with Crippen molar-refractivity contribution < 1.29 is 0 Å². The zero-order valence-electron chi connectivity index (χ0n) is 13.8. The van der Waals surface area contributed by atoms with Crippen LogP contribution in [0.1, 0.15) is 79.0 Å². The average molecular weight is 263 g/mol. The highest BCUT2D eigenvalue weighted by molar-refractivity contribution is 5.24. The minimum absolute atomic E-state index is 0.00150. The molecule has 1 aromatic rings. The summed E-state index contributed by atoms with van der Waals surface area (Å²) < 4.78 is 0. The number of hydrogen-bond donors (Lipinski definition) is 1. The zero-order valence-corrected chi connectivity index (χ0v) is 13.8. The summed E-state index contributed by atoms with van der Waals surface area (Å²) >= 11 is 0. The number of nitrogens with zero attached hydrogens (tertiary/aromatic N) is 2. The summed E-state index contributed by atoms with van der Waals surface area (Å²) in [4.78, 5) is 9.45. The van der Waals surface area contributed by atoms with Crippen LogP contribution in [0.4, 0.5) is 0 Å². The van der Waals surface area contributed by atoms with Crippen LogP contribution in [-0.2, 0) is 16.4 Å². The normalized spacial score (nSPS) is 16.3. The Bertz CT molecular complexity index is 416. The van der Waals surface area contributed by atoms with Crippen LogP contribution in [0.5, 0.6) is 0 Å². The molecule has 0 fully saturated rings. The highest BCUT2D eigenvalue weighted by Gasteiger charge is 2.28. The summed E-state index contributed by atoms with van der Waals surface area (Å²) in [7, 11) is 0. The lowest BCUT2D eigenvalue weighted by atomic mass is 9.86. The maximum Gasteiger partial charge on any atom is 0.148 e. The molecule has 108 valence electrons. The summed E-state index contributed by atoms with van der Waals surface area (Å²) in [6.07, 6.45) is 0.824. The second kappa shape index (κ2) is 4.86. The largest absolute Gasteiger partial charge is 0.319 e. The monoisotopic (exact) mass is 263 g/mol. The first kappa shape index (κ1) is 16.1. The van der Waals surface area contributed by atoms with E-state index < -0.39 is 5.54 Å². The van der Waals surface area contributed by atoms with Gasteiger partial charge < -0.3 is 5.73 Å². The second-order valence-corrected chi connectivity index (χ2v) is 7.73. The van der Waals surface area contributed by atoms with Crippen molar-refractivity contribution >= 4 is 0 Å². The average Bonchev–Trinajstić information content (AvgIpc) is 2.26. The SMILES string of the molecule is CCC(C)(N)c1nc(C(C)(C)C)cc(C(C)(C)C)n1. The first-order chi connectivity index (χ1) is 8.38. The van der Waals surface area contributed by atoms with Crippen LogP contribution in [0.3, 0.4) is 0 Å². The fourth-order valence-electron chi connectivity index (χ4n) is 1.63. The van der Waals surface area contributed by atoms with Crippen molar-refractivity contribution in [1.29, 1.82) is 0 Å². The molecule has 0 aliphatic carbocycles. The van der Waals surface area contributed by atoms with Crippen molar-refractivity contribution in [1.82, 2.24) is 9.97 Å². The molecular weight excluding hydrogens is 234 g/mol. The standard InChI is InChI=1S/C16H29N3/c1-9-16(8,17)13-18-11(14(2,3)4)10-12(19-13)15(5,6)7/h10H,9,17H2,1-8H3. The van der Waals surface area contributed by atoms with Crippen LogP contribution in [0.2, 0.25) is 0 Å². The molecule has 2 N–H and O–H groups in total. The molecule has 0 saturated heterocycles. The lowest BCUT2D eigenvalue weighted by molar-refractivity contribution is 0.426. The van der Waals surface area contributed by atoms with Crippen molar-refractivity contribution in [2.45, 2.75) is 78.2 Å². The highest BCUT2D eigenvalue weighted by atomic mass is 15.0. The number of aromatic nitrogens is 2. The molecular formula is C16H29N3. The van der Waals surface area contributed by atoms with Gasteiger partial charge in [0.15, 0.2) is 0 Å². The molecule has 0 aromatic carbocycles. The van der Waals surface area contributed by atoms with Crippen LogP contribution in [-0.4, -0.2) is 9.97 Å². The predicted octanol–water partition coefficient (Wildman–Crippen LogP) is 3.66. The molecule has 1 unspecified atom stereocenters. The van der Waals surface area contributed by atoms with Gasteiger partial charge in [0.05, 0.1) is 5.54 Å². The molecule has 0 bridgehead atoms. The Hall–Kier alpha value is -0.960. The summed E-state index contributed by atoms with van der Waals surface area (Å²) in [6.45, 7) is 17.1. The van der Waals surface area contributed by atoms with Gasteiger partial charge in [0.2, 0.25) is 0 Å². The molecule has 0 aliphatic rings. The van der Waals surface area contributed by atoms with Crippen molar-refractivity contribution in [3.05, 3.63) is 23.3 Å². The van der Waals surface area contributed by atoms with Gasteiger partial charge in [-0.2, -0.15) is 0 Å². The summed E-state index contributed by atoms with van der Waals surface area (Å²) in [6, 6.07) is 2.12. The van der Waals surface area contributed by atoms with E-state index in [1.54, 1.807) is 0 Å². The molecule has 1 heterocycles. The van der Waals surface area contributed by atoms with Gasteiger partial charge in [-0.25, -0.2) is 9.97 Å². The van der Waals surface area contributed by atoms with Crippen LogP contribution >= 0.6 is 0 Å². The topological polar surface area (TPSA) is 51.8 Å². The van der Waals surface area contributed by atoms with E-state index in [2.05, 4.69) is 54.5 Å². The van der Waals surface area contributed by atoms with Crippen molar-refractivity contribution in [2.75, 3.05) is 0 Å². The maximum absolute atomic E-state index is 6.34. The second-order valence-electron chi connectivity index (χ2n) is 7.73. The Kier molecular flexibility index (Phi) is 4.12. The quantitative estimate of drug-likeness (QED) is 0.886. The van der Waals surface area contributed by atoms with Crippen LogP contribution in [0.25, 0.3) is 0 Å². The Morgan fingerprint density at radius 2 is 1.26 bits per heavy atom. The molecule has 0 spiro atoms. The number of hydrogen-bond acceptors (Lipinski definition) is 3. The van der Waals surface area contributed by atoms with E-state index in [-0.39, 0.29) is 10.8 Å². The Balaban J connectivity index is 3.51. The molecule has 0 amide bonds. The predicted molar refractivity (Wildman–Crippen MR) is 81.3 cm³/mol. The van der Waals surface area contributed by atoms with Gasteiger partial charge in [-0.15, -0.1) is 0 Å². The van der Waals surface area contributed by atoms with E-state index in [0.29, 0.717) is 0 Å². The summed E-state index contributed by atoms with van der Waals surface area (Å²) in [5.74, 6) is 0.757. The zero-order chi connectivity index (χ0) is 15.1. The van der Waals surface area contributed by atoms with E-state index in [9.17, 15) is 0 Å². The van der Waals surface area contributed by atoms with Gasteiger partial charge in [-0.05, 0) is 19.4 Å². The fraction of sp³-hybridized carbons (Fsp3) is 0.750. The summed E-state index contributed by atoms with van der Waals surface area (Å²) in [5.41, 5.74) is 7.99. The van der Waals surface area contributed by atoms with E-state index in [0.717, 1.165) is 23.6 Å². The molecule has 0 saturated carbocycles. The van der Waals surface area contributed by atoms with Crippen molar-refractivity contribution in [3.8, 4) is 0 Å². The van der Waals surface area contributed by atoms with Crippen LogP contribution in [0.15, 0.2) is 6.07 Å². The van der Waals surface area contributed by atoms with Crippen molar-refractivity contribution in [3.63, 3.8) is 0 Å². The third kappa shape index (κ3) is 3.75. The molecule has 1 aromatic heterocycles. The maximum atomic E-state index is 6.34. The Morgan fingerprint density at radius 3 is 1.53 bits per heavy atom. The lowest BCUT2D eigenvalue weighted by Crippen LogP contribution is -2.36. The van der Waals surface area contributed by atoms with E-state index >= 15 is 0 Å². The smallest absolute Gasteiger partial charge is 0.148 e. The molecule has 1 rings (SSSR count). The molecule has 0 aliphatic heterocycles. The van der Waals surface area contributed by atoms with Gasteiger partial charge >= 0.3 is 0 Å². The van der Waals surface area contributed by atoms with Gasteiger partial charge in [-0.3, -0.25) is 0 Å². The number of nitrogens with two attached hydrogens (primary N) is 1. The van der Waals surface area contributed by atoms with Gasteiger partial charge in [0.1, 0.15) is 5.82 Å². The van der Waals surface area contributed by atoms with Gasteiger partial charge in [-0.1, -0.05) is 48.5 Å². The third-order valence-electron chi connectivity index (χ3n) is 3.51. The van der Waals surface area contributed by atoms with Crippen LogP contribution < -0.4 is 5.73 Å². The molecule has 1 atom stereocenters. The Labute approximate surface area is 118 Å². The van der Waals surface area contributed by atoms with Gasteiger partial charge in [0.25, 0.3) is 0 Å². The lowest BCUT2D eigenvalue weighted by Gasteiger charge is -2.28. The number of rotatable bonds is 2. The van der Waals surface area contributed by atoms with E-state index in [4.69, 9.17) is 15.7 Å². The van der Waals surface area contributed by atoms with E-state index in [1.165, 1.54) is 0 Å². The summed E-state index contributed by atoms with van der Waals surface area (Å²) in [5, 5.41) is 0. The molecule has 0 radical (unpaired) electrons. The first-order valence-corrected chi connectivity index (χ1v) is 7.07. The minimum atomic E-state index is -0.471.